The van der Waals surface area contributed by atoms with Crippen LogP contribution < -0.4 is 0 Å². The van der Waals surface area contributed by atoms with E-state index in [0.717, 1.165) is 12.8 Å². The molecule has 0 saturated heterocycles. The SMILES string of the molecule is C1=CCCC(c2cc(-c3ccc4ccccc4c3)cc(-n3c4ccccc4c4cc(-c5ccc(-c6cc7c8c(c6)c6ccccc6n8-c6ccccc6-c6ccccc6-7)cc5)ccc43)c2)=C1. The number of hydrogen-bond acceptors (Lipinski definition) is 0. The first kappa shape index (κ1) is 37.0. The maximum Gasteiger partial charge on any atom is 0.0620 e. The molecule has 2 aromatic heterocycles. The number of benzene rings is 10. The minimum absolute atomic E-state index is 1.04. The normalized spacial score (nSPS) is 13.1. The maximum atomic E-state index is 2.49. The van der Waals surface area contributed by atoms with Gasteiger partial charge in [-0.2, -0.15) is 0 Å². The molecule has 308 valence electrons. The zero-order valence-corrected chi connectivity index (χ0v) is 36.2. The van der Waals surface area contributed by atoms with E-state index < -0.39 is 0 Å². The van der Waals surface area contributed by atoms with Gasteiger partial charge < -0.3 is 9.13 Å². The fourth-order valence-corrected chi connectivity index (χ4v) is 11.2. The van der Waals surface area contributed by atoms with Crippen LogP contribution in [-0.2, 0) is 0 Å². The van der Waals surface area contributed by atoms with Crippen molar-refractivity contribution in [2.45, 2.75) is 12.8 Å². The van der Waals surface area contributed by atoms with E-state index in [9.17, 15) is 0 Å². The average molecular weight is 839 g/mol. The van der Waals surface area contributed by atoms with Gasteiger partial charge in [0.25, 0.3) is 0 Å². The third-order valence-corrected chi connectivity index (χ3v) is 14.3. The Labute approximate surface area is 383 Å². The Hall–Kier alpha value is -8.46. The Kier molecular flexibility index (Phi) is 8.14. The molecule has 2 heteroatoms. The summed E-state index contributed by atoms with van der Waals surface area (Å²) in [5.74, 6) is 0. The van der Waals surface area contributed by atoms with Crippen molar-refractivity contribution in [1.29, 1.82) is 0 Å². The molecule has 10 aromatic carbocycles. The standard InChI is InChI=1S/C64H42N2/c1-2-14-41(15-3-1)48-35-49(46-31-30-42-16-4-5-17-45(42)34-46)37-51(36-48)65-60-23-11-9-21-55(60)57-38-47(32-33-63(57)65)43-26-28-44(29-27-43)50-39-58-53-19-7-6-18-52(53)54-20-8-12-24-61(54)66-62-25-13-10-22-56(62)59(40-50)64(58)66/h1-2,4-14,16-40H,3,15H2. The number of aromatic nitrogens is 2. The summed E-state index contributed by atoms with van der Waals surface area (Å²) in [7, 11) is 0. The molecule has 1 aliphatic carbocycles. The first-order valence-electron chi connectivity index (χ1n) is 23.1. The maximum absolute atomic E-state index is 2.49. The van der Waals surface area contributed by atoms with E-state index in [1.165, 1.54) is 133 Å². The smallest absolute Gasteiger partial charge is 0.0620 e. The lowest BCUT2D eigenvalue weighted by atomic mass is 9.91. The molecular formula is C64H42N2. The van der Waals surface area contributed by atoms with Gasteiger partial charge >= 0.3 is 0 Å². The molecule has 3 heterocycles. The van der Waals surface area contributed by atoms with Crippen LogP contribution >= 0.6 is 0 Å². The highest BCUT2D eigenvalue weighted by Crippen LogP contribution is 2.48. The average Bonchev–Trinajstić information content (AvgIpc) is 3.87. The second kappa shape index (κ2) is 14.5. The molecule has 0 saturated carbocycles. The van der Waals surface area contributed by atoms with Crippen molar-refractivity contribution in [3.63, 3.8) is 0 Å². The van der Waals surface area contributed by atoms with E-state index in [4.69, 9.17) is 0 Å². The lowest BCUT2D eigenvalue weighted by Gasteiger charge is -2.16. The Morgan fingerprint density at radius 1 is 0.333 bits per heavy atom. The van der Waals surface area contributed by atoms with Crippen LogP contribution in [0.4, 0.5) is 0 Å². The van der Waals surface area contributed by atoms with Gasteiger partial charge in [0.15, 0.2) is 0 Å². The summed E-state index contributed by atoms with van der Waals surface area (Å²) in [4.78, 5) is 0. The number of nitrogens with zero attached hydrogens (tertiary/aromatic N) is 2. The van der Waals surface area contributed by atoms with E-state index in [1.54, 1.807) is 0 Å². The highest BCUT2D eigenvalue weighted by Gasteiger charge is 2.25. The monoisotopic (exact) mass is 838 g/mol. The molecule has 0 amide bonds. The van der Waals surface area contributed by atoms with Gasteiger partial charge in [0.05, 0.1) is 27.8 Å². The second-order valence-electron chi connectivity index (χ2n) is 18.0. The van der Waals surface area contributed by atoms with Gasteiger partial charge in [0.1, 0.15) is 0 Å². The first-order valence-corrected chi connectivity index (χ1v) is 23.1. The van der Waals surface area contributed by atoms with Crippen LogP contribution in [0, 0.1) is 0 Å². The van der Waals surface area contributed by atoms with Gasteiger partial charge in [-0.25, -0.2) is 0 Å². The highest BCUT2D eigenvalue weighted by molar-refractivity contribution is 6.18. The Morgan fingerprint density at radius 2 is 0.909 bits per heavy atom. The van der Waals surface area contributed by atoms with Crippen molar-refractivity contribution < 1.29 is 0 Å². The predicted molar refractivity (Wildman–Crippen MR) is 280 cm³/mol. The first-order chi connectivity index (χ1) is 32.7. The molecule has 14 rings (SSSR count). The van der Waals surface area contributed by atoms with Crippen molar-refractivity contribution >= 4 is 60.0 Å². The topological polar surface area (TPSA) is 9.86 Å². The fourth-order valence-electron chi connectivity index (χ4n) is 11.2. The quantitative estimate of drug-likeness (QED) is 0.163. The molecule has 1 aliphatic heterocycles. The molecule has 0 bridgehead atoms. The summed E-state index contributed by atoms with van der Waals surface area (Å²) in [5.41, 5.74) is 22.3. The van der Waals surface area contributed by atoms with Crippen molar-refractivity contribution in [1.82, 2.24) is 9.13 Å². The molecule has 0 atom stereocenters. The summed E-state index contributed by atoms with van der Waals surface area (Å²) in [6.45, 7) is 0. The van der Waals surface area contributed by atoms with Gasteiger partial charge in [0, 0.05) is 38.4 Å². The second-order valence-corrected chi connectivity index (χ2v) is 18.0. The number of fused-ring (bicyclic) bond motifs is 12. The van der Waals surface area contributed by atoms with Gasteiger partial charge in [-0.15, -0.1) is 0 Å². The van der Waals surface area contributed by atoms with Gasteiger partial charge in [-0.05, 0) is 146 Å². The van der Waals surface area contributed by atoms with Crippen molar-refractivity contribution in [3.05, 3.63) is 236 Å². The molecule has 2 nitrogen and oxygen atoms in total. The minimum atomic E-state index is 1.04. The number of allylic oxidation sites excluding steroid dienone is 4. The van der Waals surface area contributed by atoms with Crippen LogP contribution in [0.25, 0.3) is 127 Å². The van der Waals surface area contributed by atoms with Gasteiger partial charge in [-0.1, -0.05) is 164 Å². The van der Waals surface area contributed by atoms with Crippen LogP contribution in [0.15, 0.2) is 231 Å². The molecule has 12 aromatic rings. The number of para-hydroxylation sites is 3. The molecule has 66 heavy (non-hydrogen) atoms. The molecule has 0 spiro atoms. The fraction of sp³-hybridized carbons (Fsp3) is 0.0312. The zero-order valence-electron chi connectivity index (χ0n) is 36.2. The van der Waals surface area contributed by atoms with Crippen LogP contribution in [0.2, 0.25) is 0 Å². The highest BCUT2D eigenvalue weighted by atomic mass is 15.0. The summed E-state index contributed by atoms with van der Waals surface area (Å²) >= 11 is 0. The number of rotatable bonds is 5. The van der Waals surface area contributed by atoms with Crippen molar-refractivity contribution in [2.75, 3.05) is 0 Å². The largest absolute Gasteiger partial charge is 0.309 e. The van der Waals surface area contributed by atoms with E-state index in [-0.39, 0.29) is 0 Å². The van der Waals surface area contributed by atoms with Gasteiger partial charge in [0.2, 0.25) is 0 Å². The molecule has 0 N–H and O–H groups in total. The van der Waals surface area contributed by atoms with E-state index in [0.29, 0.717) is 0 Å². The van der Waals surface area contributed by atoms with Crippen molar-refractivity contribution in [3.8, 4) is 67.0 Å². The summed E-state index contributed by atoms with van der Waals surface area (Å²) in [6.07, 6.45) is 8.87. The summed E-state index contributed by atoms with van der Waals surface area (Å²) in [5, 5.41) is 7.57. The lowest BCUT2D eigenvalue weighted by molar-refractivity contribution is 1.05. The van der Waals surface area contributed by atoms with Gasteiger partial charge in [-0.3, -0.25) is 0 Å². The van der Waals surface area contributed by atoms with Crippen LogP contribution in [0.1, 0.15) is 18.4 Å². The van der Waals surface area contributed by atoms with E-state index >= 15 is 0 Å². The summed E-state index contributed by atoms with van der Waals surface area (Å²) < 4.78 is 4.96. The molecule has 0 radical (unpaired) electrons. The number of hydrogen-bond donors (Lipinski definition) is 0. The summed E-state index contributed by atoms with van der Waals surface area (Å²) in [6, 6.07) is 79.3. The van der Waals surface area contributed by atoms with Crippen LogP contribution in [-0.4, -0.2) is 9.13 Å². The van der Waals surface area contributed by atoms with E-state index in [2.05, 4.69) is 240 Å². The minimum Gasteiger partial charge on any atom is -0.309 e. The third kappa shape index (κ3) is 5.68. The van der Waals surface area contributed by atoms with Crippen LogP contribution in [0.3, 0.4) is 0 Å². The molecular weight excluding hydrogens is 797 g/mol. The predicted octanol–water partition coefficient (Wildman–Crippen LogP) is 17.4. The molecule has 0 fully saturated rings. The lowest BCUT2D eigenvalue weighted by Crippen LogP contribution is -1.98. The van der Waals surface area contributed by atoms with E-state index in [1.807, 2.05) is 0 Å². The Morgan fingerprint density at radius 3 is 1.71 bits per heavy atom. The Bertz CT molecular complexity index is 4040. The van der Waals surface area contributed by atoms with Crippen LogP contribution in [0.5, 0.6) is 0 Å². The van der Waals surface area contributed by atoms with Crippen molar-refractivity contribution in [2.24, 2.45) is 0 Å². The third-order valence-electron chi connectivity index (χ3n) is 14.3. The molecule has 2 aliphatic rings. The Balaban J connectivity index is 0.893. The zero-order chi connectivity index (χ0) is 43.3. The molecule has 0 unspecified atom stereocenters.